The second-order valence-electron chi connectivity index (χ2n) is 5.41. The zero-order chi connectivity index (χ0) is 19.2. The van der Waals surface area contributed by atoms with Crippen LogP contribution in [0.25, 0.3) is 0 Å². The highest BCUT2D eigenvalue weighted by Crippen LogP contribution is 2.30. The molecule has 0 radical (unpaired) electrons. The van der Waals surface area contributed by atoms with E-state index in [0.29, 0.717) is 23.8 Å². The van der Waals surface area contributed by atoms with Gasteiger partial charge in [0.25, 0.3) is 6.47 Å². The highest BCUT2D eigenvalue weighted by atomic mass is 19.4. The average Bonchev–Trinajstić information content (AvgIpc) is 2.61. The fourth-order valence-electron chi connectivity index (χ4n) is 2.34. The third-order valence-corrected chi connectivity index (χ3v) is 3.68. The number of nitrogens with one attached hydrogen (secondary N) is 1. The molecule has 0 aromatic heterocycles. The van der Waals surface area contributed by atoms with Crippen molar-refractivity contribution in [1.82, 2.24) is 5.32 Å². The molecule has 0 bridgehead atoms. The molecule has 2 rings (SSSR count). The molecule has 138 valence electrons. The Labute approximate surface area is 146 Å². The number of ether oxygens (including phenoxy) is 1. The van der Waals surface area contributed by atoms with Crippen molar-refractivity contribution >= 4 is 12.4 Å². The molecule has 1 N–H and O–H groups in total. The number of carbonyl (C=O) groups excluding carboxylic acids is 2. The lowest BCUT2D eigenvalue weighted by atomic mass is 9.99. The first kappa shape index (κ1) is 19.4. The topological polar surface area (TPSA) is 55.4 Å². The molecule has 1 atom stereocenters. The van der Waals surface area contributed by atoms with E-state index in [9.17, 15) is 27.2 Å². The normalized spacial score (nSPS) is 12.3. The molecule has 0 saturated carbocycles. The number of amides is 1. The summed E-state index contributed by atoms with van der Waals surface area (Å²) in [6.45, 7) is -0.487. The van der Waals surface area contributed by atoms with Crippen molar-refractivity contribution in [3.8, 4) is 0 Å². The molecule has 0 aliphatic rings. The summed E-state index contributed by atoms with van der Waals surface area (Å²) in [7, 11) is 0. The maximum absolute atomic E-state index is 13.7. The fraction of sp³-hybridized carbons (Fsp3) is 0.222. The minimum absolute atomic E-state index is 0.190. The molecule has 0 aliphatic carbocycles. The highest BCUT2D eigenvalue weighted by Gasteiger charge is 2.31. The van der Waals surface area contributed by atoms with Crippen molar-refractivity contribution in [3.05, 3.63) is 71.0 Å². The summed E-state index contributed by atoms with van der Waals surface area (Å²) in [4.78, 5) is 22.8. The predicted molar refractivity (Wildman–Crippen MR) is 84.4 cm³/mol. The largest absolute Gasteiger partial charge is 0.467 e. The van der Waals surface area contributed by atoms with Crippen molar-refractivity contribution in [2.45, 2.75) is 18.6 Å². The number of halogens is 4. The molecule has 0 fully saturated rings. The summed E-state index contributed by atoms with van der Waals surface area (Å²) in [5.74, 6) is -2.33. The third-order valence-electron chi connectivity index (χ3n) is 3.68. The van der Waals surface area contributed by atoms with Gasteiger partial charge >= 0.3 is 6.18 Å². The molecular formula is C18H15F4NO3. The Morgan fingerprint density at radius 3 is 2.46 bits per heavy atom. The summed E-state index contributed by atoms with van der Waals surface area (Å²) < 4.78 is 56.6. The number of benzene rings is 2. The average molecular weight is 369 g/mol. The van der Waals surface area contributed by atoms with Crippen LogP contribution in [0.1, 0.15) is 22.6 Å². The van der Waals surface area contributed by atoms with Gasteiger partial charge in [-0.15, -0.1) is 0 Å². The van der Waals surface area contributed by atoms with Crippen LogP contribution in [-0.4, -0.2) is 19.0 Å². The maximum Gasteiger partial charge on any atom is 0.416 e. The minimum Gasteiger partial charge on any atom is -0.467 e. The molecule has 26 heavy (non-hydrogen) atoms. The number of alkyl halides is 3. The Morgan fingerprint density at radius 2 is 1.85 bits per heavy atom. The lowest BCUT2D eigenvalue weighted by Gasteiger charge is -2.17. The third kappa shape index (κ3) is 5.05. The highest BCUT2D eigenvalue weighted by molar-refractivity contribution is 5.83. The Hall–Kier alpha value is -2.90. The number of hydrogen-bond acceptors (Lipinski definition) is 3. The van der Waals surface area contributed by atoms with Crippen LogP contribution in [-0.2, 0) is 27.0 Å². The Morgan fingerprint density at radius 1 is 1.15 bits per heavy atom. The van der Waals surface area contributed by atoms with E-state index in [1.165, 1.54) is 0 Å². The summed E-state index contributed by atoms with van der Waals surface area (Å²) in [5.41, 5.74) is -0.750. The summed E-state index contributed by atoms with van der Waals surface area (Å²) in [6.07, 6.45) is -4.61. The van der Waals surface area contributed by atoms with Gasteiger partial charge in [-0.05, 0) is 23.8 Å². The molecule has 2 aromatic carbocycles. The second kappa shape index (κ2) is 8.46. The molecule has 1 amide bonds. The summed E-state index contributed by atoms with van der Waals surface area (Å²) in [6, 6.07) is 10.4. The molecule has 2 aromatic rings. The molecule has 0 aliphatic heterocycles. The van der Waals surface area contributed by atoms with Crippen LogP contribution in [0.4, 0.5) is 17.6 Å². The van der Waals surface area contributed by atoms with Gasteiger partial charge in [-0.1, -0.05) is 30.3 Å². The second-order valence-corrected chi connectivity index (χ2v) is 5.41. The van der Waals surface area contributed by atoms with Crippen LogP contribution in [0.2, 0.25) is 0 Å². The number of hydrogen-bond donors (Lipinski definition) is 1. The predicted octanol–water partition coefficient (Wildman–Crippen LogP) is 3.42. The van der Waals surface area contributed by atoms with Gasteiger partial charge in [0.15, 0.2) is 0 Å². The quantitative estimate of drug-likeness (QED) is 0.601. The molecular weight excluding hydrogens is 354 g/mol. The van der Waals surface area contributed by atoms with Crippen LogP contribution in [0.5, 0.6) is 0 Å². The molecule has 4 nitrogen and oxygen atoms in total. The fourth-order valence-corrected chi connectivity index (χ4v) is 2.34. The van der Waals surface area contributed by atoms with Crippen LogP contribution in [0, 0.1) is 5.82 Å². The molecule has 0 unspecified atom stereocenters. The lowest BCUT2D eigenvalue weighted by molar-refractivity contribution is -0.137. The Kier molecular flexibility index (Phi) is 6.32. The van der Waals surface area contributed by atoms with Crippen molar-refractivity contribution in [3.63, 3.8) is 0 Å². The Bertz CT molecular complexity index is 763. The van der Waals surface area contributed by atoms with Gasteiger partial charge in [-0.3, -0.25) is 9.59 Å². The SMILES string of the molecule is O=COC[C@H](C(=O)NCc1cc(C(F)(F)F)ccc1F)c1ccccc1. The summed E-state index contributed by atoms with van der Waals surface area (Å²) in [5, 5.41) is 2.38. The monoisotopic (exact) mass is 369 g/mol. The van der Waals surface area contributed by atoms with Gasteiger partial charge in [0.1, 0.15) is 12.4 Å². The van der Waals surface area contributed by atoms with E-state index in [0.717, 1.165) is 0 Å². The van der Waals surface area contributed by atoms with Crippen LogP contribution in [0.3, 0.4) is 0 Å². The zero-order valence-electron chi connectivity index (χ0n) is 13.4. The number of carbonyl (C=O) groups is 2. The zero-order valence-corrected chi connectivity index (χ0v) is 13.4. The lowest BCUT2D eigenvalue weighted by Crippen LogP contribution is -2.31. The Balaban J connectivity index is 2.14. The molecule has 0 saturated heterocycles. The van der Waals surface area contributed by atoms with Crippen molar-refractivity contribution in [2.75, 3.05) is 6.61 Å². The first-order valence-corrected chi connectivity index (χ1v) is 7.56. The van der Waals surface area contributed by atoms with E-state index in [-0.39, 0.29) is 18.6 Å². The van der Waals surface area contributed by atoms with E-state index < -0.39 is 35.9 Å². The van der Waals surface area contributed by atoms with Gasteiger partial charge < -0.3 is 10.1 Å². The van der Waals surface area contributed by atoms with E-state index in [1.807, 2.05) is 0 Å². The molecule has 8 heteroatoms. The van der Waals surface area contributed by atoms with E-state index in [1.54, 1.807) is 30.3 Å². The first-order chi connectivity index (χ1) is 12.3. The van der Waals surface area contributed by atoms with Crippen LogP contribution < -0.4 is 5.32 Å². The standard InChI is InChI=1S/C18H15F4NO3/c19-16-7-6-14(18(20,21)22)8-13(16)9-23-17(25)15(10-26-11-24)12-4-2-1-3-5-12/h1-8,11,15H,9-10H2,(H,23,25)/t15-/m0/s1. The number of rotatable bonds is 7. The van der Waals surface area contributed by atoms with E-state index in [2.05, 4.69) is 10.1 Å². The van der Waals surface area contributed by atoms with Crippen molar-refractivity contribution in [1.29, 1.82) is 0 Å². The van der Waals surface area contributed by atoms with Crippen molar-refractivity contribution in [2.24, 2.45) is 0 Å². The molecule has 0 heterocycles. The van der Waals surface area contributed by atoms with Gasteiger partial charge in [0.05, 0.1) is 11.5 Å². The first-order valence-electron chi connectivity index (χ1n) is 7.56. The van der Waals surface area contributed by atoms with E-state index >= 15 is 0 Å². The minimum atomic E-state index is -4.61. The van der Waals surface area contributed by atoms with Gasteiger partial charge in [0.2, 0.25) is 5.91 Å². The van der Waals surface area contributed by atoms with Gasteiger partial charge in [0, 0.05) is 12.1 Å². The van der Waals surface area contributed by atoms with E-state index in [4.69, 9.17) is 0 Å². The van der Waals surface area contributed by atoms with Crippen LogP contribution >= 0.6 is 0 Å². The van der Waals surface area contributed by atoms with Crippen LogP contribution in [0.15, 0.2) is 48.5 Å². The maximum atomic E-state index is 13.7. The summed E-state index contributed by atoms with van der Waals surface area (Å²) >= 11 is 0. The van der Waals surface area contributed by atoms with Crippen molar-refractivity contribution < 1.29 is 31.9 Å². The van der Waals surface area contributed by atoms with Gasteiger partial charge in [-0.2, -0.15) is 13.2 Å². The smallest absolute Gasteiger partial charge is 0.416 e. The molecule has 0 spiro atoms. The van der Waals surface area contributed by atoms with Gasteiger partial charge in [-0.25, -0.2) is 4.39 Å².